The summed E-state index contributed by atoms with van der Waals surface area (Å²) in [5.41, 5.74) is 7.81. The molecule has 0 unspecified atom stereocenters. The molecule has 0 aliphatic heterocycles. The fourth-order valence-corrected chi connectivity index (χ4v) is 2.71. The first-order chi connectivity index (χ1) is 8.15. The highest BCUT2D eigenvalue weighted by Gasteiger charge is 2.06. The molecule has 0 saturated heterocycles. The monoisotopic (exact) mass is 266 g/mol. The summed E-state index contributed by atoms with van der Waals surface area (Å²) < 4.78 is 0. The van der Waals surface area contributed by atoms with Crippen LogP contribution in [0.15, 0.2) is 35.7 Å². The lowest BCUT2D eigenvalue weighted by Crippen LogP contribution is -2.17. The van der Waals surface area contributed by atoms with Gasteiger partial charge in [0.05, 0.1) is 0 Å². The first-order valence-corrected chi connectivity index (χ1v) is 6.66. The molecule has 0 amide bonds. The molecule has 0 atom stereocenters. The van der Waals surface area contributed by atoms with Crippen molar-refractivity contribution < 1.29 is 0 Å². The lowest BCUT2D eigenvalue weighted by Gasteiger charge is -2.17. The number of rotatable bonds is 4. The van der Waals surface area contributed by atoms with Gasteiger partial charge in [-0.15, -0.1) is 11.3 Å². The molecular weight excluding hydrogens is 252 g/mol. The molecular formula is C13H15ClN2S. The van der Waals surface area contributed by atoms with Gasteiger partial charge >= 0.3 is 0 Å². The van der Waals surface area contributed by atoms with Crippen LogP contribution in [0.5, 0.6) is 0 Å². The first-order valence-electron chi connectivity index (χ1n) is 5.40. The van der Waals surface area contributed by atoms with Crippen LogP contribution < -0.4 is 5.73 Å². The summed E-state index contributed by atoms with van der Waals surface area (Å²) in [7, 11) is 2.08. The van der Waals surface area contributed by atoms with Crippen molar-refractivity contribution >= 4 is 28.6 Å². The number of hydrogen-bond acceptors (Lipinski definition) is 3. The van der Waals surface area contributed by atoms with Crippen molar-refractivity contribution in [1.29, 1.82) is 0 Å². The summed E-state index contributed by atoms with van der Waals surface area (Å²) in [6.07, 6.45) is 0. The summed E-state index contributed by atoms with van der Waals surface area (Å²) >= 11 is 7.74. The fraction of sp³-hybridized carbons (Fsp3) is 0.231. The minimum Gasteiger partial charge on any atom is -0.398 e. The van der Waals surface area contributed by atoms with Gasteiger partial charge in [-0.1, -0.05) is 17.7 Å². The molecule has 2 nitrogen and oxygen atoms in total. The molecule has 90 valence electrons. The van der Waals surface area contributed by atoms with Gasteiger partial charge in [0.1, 0.15) is 0 Å². The Kier molecular flexibility index (Phi) is 4.05. The van der Waals surface area contributed by atoms with E-state index in [1.54, 1.807) is 11.3 Å². The molecule has 1 aromatic carbocycles. The molecule has 1 heterocycles. The third-order valence-electron chi connectivity index (χ3n) is 2.55. The van der Waals surface area contributed by atoms with Gasteiger partial charge in [-0.25, -0.2) is 0 Å². The molecule has 4 heteroatoms. The Bertz CT molecular complexity index is 482. The van der Waals surface area contributed by atoms with Crippen LogP contribution in [0.4, 0.5) is 5.69 Å². The average Bonchev–Trinajstić information content (AvgIpc) is 2.76. The third kappa shape index (κ3) is 3.46. The van der Waals surface area contributed by atoms with Gasteiger partial charge in [0.2, 0.25) is 0 Å². The van der Waals surface area contributed by atoms with Gasteiger partial charge in [0, 0.05) is 28.7 Å². The van der Waals surface area contributed by atoms with Crippen LogP contribution >= 0.6 is 22.9 Å². The normalized spacial score (nSPS) is 11.0. The van der Waals surface area contributed by atoms with E-state index in [0.717, 1.165) is 29.4 Å². The van der Waals surface area contributed by atoms with Crippen LogP contribution in [0.25, 0.3) is 0 Å². The van der Waals surface area contributed by atoms with Crippen LogP contribution in [0.2, 0.25) is 5.02 Å². The number of nitrogens with two attached hydrogens (primary N) is 1. The van der Waals surface area contributed by atoms with E-state index in [2.05, 4.69) is 29.5 Å². The van der Waals surface area contributed by atoms with E-state index in [4.69, 9.17) is 17.3 Å². The van der Waals surface area contributed by atoms with E-state index >= 15 is 0 Å². The van der Waals surface area contributed by atoms with Crippen molar-refractivity contribution in [1.82, 2.24) is 4.90 Å². The van der Waals surface area contributed by atoms with E-state index in [1.165, 1.54) is 4.88 Å². The second-order valence-electron chi connectivity index (χ2n) is 4.09. The van der Waals surface area contributed by atoms with E-state index in [-0.39, 0.29) is 0 Å². The maximum absolute atomic E-state index is 5.97. The Balaban J connectivity index is 2.02. The summed E-state index contributed by atoms with van der Waals surface area (Å²) in [6, 6.07) is 9.82. The second-order valence-corrected chi connectivity index (χ2v) is 5.56. The summed E-state index contributed by atoms with van der Waals surface area (Å²) in [5, 5.41) is 2.83. The van der Waals surface area contributed by atoms with Gasteiger partial charge in [-0.2, -0.15) is 0 Å². The standard InChI is InChI=1S/C13H15ClN2S/c1-16(9-12-3-2-6-17-12)8-10-7-11(14)4-5-13(10)15/h2-7H,8-9,15H2,1H3. The second kappa shape index (κ2) is 5.54. The zero-order valence-corrected chi connectivity index (χ0v) is 11.3. The Labute approximate surface area is 111 Å². The topological polar surface area (TPSA) is 29.3 Å². The van der Waals surface area contributed by atoms with Crippen LogP contribution in [-0.2, 0) is 13.1 Å². The van der Waals surface area contributed by atoms with Crippen LogP contribution in [0.1, 0.15) is 10.4 Å². The predicted octanol–water partition coefficient (Wildman–Crippen LogP) is 3.62. The number of nitrogen functional groups attached to an aromatic ring is 1. The van der Waals surface area contributed by atoms with Gasteiger partial charge in [-0.05, 0) is 42.3 Å². The van der Waals surface area contributed by atoms with Gasteiger partial charge in [0.25, 0.3) is 0 Å². The van der Waals surface area contributed by atoms with Crippen molar-refractivity contribution in [3.63, 3.8) is 0 Å². The highest BCUT2D eigenvalue weighted by molar-refractivity contribution is 7.09. The summed E-state index contributed by atoms with van der Waals surface area (Å²) in [4.78, 5) is 3.58. The molecule has 0 saturated carbocycles. The van der Waals surface area contributed by atoms with Crippen molar-refractivity contribution in [2.24, 2.45) is 0 Å². The van der Waals surface area contributed by atoms with E-state index in [9.17, 15) is 0 Å². The van der Waals surface area contributed by atoms with Crippen molar-refractivity contribution in [3.8, 4) is 0 Å². The van der Waals surface area contributed by atoms with Crippen LogP contribution in [-0.4, -0.2) is 11.9 Å². The molecule has 2 N–H and O–H groups in total. The molecule has 0 spiro atoms. The number of anilines is 1. The Morgan fingerprint density at radius 1 is 1.29 bits per heavy atom. The SMILES string of the molecule is CN(Cc1cccs1)Cc1cc(Cl)ccc1N. The summed E-state index contributed by atoms with van der Waals surface area (Å²) in [6.45, 7) is 1.74. The Morgan fingerprint density at radius 3 is 2.82 bits per heavy atom. The van der Waals surface area contributed by atoms with Crippen molar-refractivity contribution in [2.45, 2.75) is 13.1 Å². The third-order valence-corrected chi connectivity index (χ3v) is 3.65. The molecule has 0 bridgehead atoms. The molecule has 0 aliphatic rings. The molecule has 17 heavy (non-hydrogen) atoms. The Morgan fingerprint density at radius 2 is 2.12 bits per heavy atom. The van der Waals surface area contributed by atoms with Gasteiger partial charge in [0.15, 0.2) is 0 Å². The quantitative estimate of drug-likeness (QED) is 0.857. The number of nitrogens with zero attached hydrogens (tertiary/aromatic N) is 1. The summed E-state index contributed by atoms with van der Waals surface area (Å²) in [5.74, 6) is 0. The minimum absolute atomic E-state index is 0.735. The zero-order chi connectivity index (χ0) is 12.3. The Hall–Kier alpha value is -1.03. The molecule has 0 fully saturated rings. The molecule has 2 rings (SSSR count). The maximum Gasteiger partial charge on any atom is 0.0410 e. The van der Waals surface area contributed by atoms with E-state index in [0.29, 0.717) is 0 Å². The largest absolute Gasteiger partial charge is 0.398 e. The van der Waals surface area contributed by atoms with Gasteiger partial charge < -0.3 is 5.73 Å². The molecule has 2 aromatic rings. The zero-order valence-electron chi connectivity index (χ0n) is 9.69. The maximum atomic E-state index is 5.97. The van der Waals surface area contributed by atoms with Crippen molar-refractivity contribution in [3.05, 3.63) is 51.2 Å². The average molecular weight is 267 g/mol. The lowest BCUT2D eigenvalue weighted by molar-refractivity contribution is 0.322. The highest BCUT2D eigenvalue weighted by Crippen LogP contribution is 2.20. The first kappa shape index (κ1) is 12.4. The number of benzene rings is 1. The lowest BCUT2D eigenvalue weighted by atomic mass is 10.1. The minimum atomic E-state index is 0.735. The van der Waals surface area contributed by atoms with E-state index in [1.807, 2.05) is 18.2 Å². The number of halogens is 1. The molecule has 1 aromatic heterocycles. The number of hydrogen-bond donors (Lipinski definition) is 1. The fourth-order valence-electron chi connectivity index (χ4n) is 1.73. The van der Waals surface area contributed by atoms with Crippen molar-refractivity contribution in [2.75, 3.05) is 12.8 Å². The smallest absolute Gasteiger partial charge is 0.0410 e. The van der Waals surface area contributed by atoms with Crippen LogP contribution in [0, 0.1) is 0 Å². The molecule has 0 aliphatic carbocycles. The molecule has 0 radical (unpaired) electrons. The van der Waals surface area contributed by atoms with E-state index < -0.39 is 0 Å². The van der Waals surface area contributed by atoms with Gasteiger partial charge in [-0.3, -0.25) is 4.90 Å². The van der Waals surface area contributed by atoms with Crippen LogP contribution in [0.3, 0.4) is 0 Å². The predicted molar refractivity (Wildman–Crippen MR) is 75.4 cm³/mol. The number of thiophene rings is 1. The highest BCUT2D eigenvalue weighted by atomic mass is 35.5.